The van der Waals surface area contributed by atoms with Gasteiger partial charge < -0.3 is 15.7 Å². The number of nitrogens with two attached hydrogens (primary N) is 1. The monoisotopic (exact) mass is 201 g/mol. The normalized spacial score (nSPS) is 26.8. The molecule has 0 radical (unpaired) electrons. The predicted octanol–water partition coefficient (Wildman–Crippen LogP) is -0.668. The van der Waals surface area contributed by atoms with Crippen LogP contribution in [0.25, 0.3) is 0 Å². The molecule has 4 nitrogen and oxygen atoms in total. The Hall–Kier alpha value is -0.160. The van der Waals surface area contributed by atoms with E-state index in [4.69, 9.17) is 5.73 Å². The molecule has 0 bridgehead atoms. The van der Waals surface area contributed by atoms with Crippen molar-refractivity contribution in [3.63, 3.8) is 0 Å². The van der Waals surface area contributed by atoms with Gasteiger partial charge >= 0.3 is 0 Å². The molecule has 1 unspecified atom stereocenters. The molecule has 1 aliphatic heterocycles. The summed E-state index contributed by atoms with van der Waals surface area (Å²) < 4.78 is 0. The lowest BCUT2D eigenvalue weighted by molar-refractivity contribution is -0.0103. The lowest BCUT2D eigenvalue weighted by Crippen LogP contribution is -2.62. The zero-order valence-electron chi connectivity index (χ0n) is 9.53. The highest BCUT2D eigenvalue weighted by Crippen LogP contribution is 2.19. The molecule has 1 atom stereocenters. The Bertz CT molecular complexity index is 184. The third-order valence-electron chi connectivity index (χ3n) is 3.17. The van der Waals surface area contributed by atoms with Crippen LogP contribution in [0.1, 0.15) is 13.8 Å². The van der Waals surface area contributed by atoms with E-state index in [2.05, 4.69) is 30.7 Å². The van der Waals surface area contributed by atoms with Crippen molar-refractivity contribution in [2.24, 2.45) is 5.73 Å². The summed E-state index contributed by atoms with van der Waals surface area (Å²) in [5.74, 6) is 0. The minimum atomic E-state index is -0.00530. The minimum Gasteiger partial charge on any atom is -0.395 e. The molecular weight excluding hydrogens is 178 g/mol. The molecule has 0 aliphatic carbocycles. The number of aliphatic hydroxyl groups is 1. The molecule has 84 valence electrons. The lowest BCUT2D eigenvalue weighted by Gasteiger charge is -2.47. The van der Waals surface area contributed by atoms with Gasteiger partial charge in [-0.3, -0.25) is 4.90 Å². The van der Waals surface area contributed by atoms with Crippen LogP contribution in [0.2, 0.25) is 0 Å². The van der Waals surface area contributed by atoms with Crippen molar-refractivity contribution >= 4 is 0 Å². The van der Waals surface area contributed by atoms with Gasteiger partial charge in [0.15, 0.2) is 0 Å². The van der Waals surface area contributed by atoms with Gasteiger partial charge in [-0.1, -0.05) is 0 Å². The Kier molecular flexibility index (Phi) is 3.89. The van der Waals surface area contributed by atoms with Crippen LogP contribution in [0, 0.1) is 0 Å². The first kappa shape index (κ1) is 11.9. The number of piperazine rings is 1. The van der Waals surface area contributed by atoms with Crippen molar-refractivity contribution in [1.29, 1.82) is 0 Å². The maximum absolute atomic E-state index is 9.33. The van der Waals surface area contributed by atoms with Gasteiger partial charge in [0, 0.05) is 37.8 Å². The Balaban J connectivity index is 2.67. The fraction of sp³-hybridized carbons (Fsp3) is 1.00. The average Bonchev–Trinajstić information content (AvgIpc) is 2.17. The molecule has 1 rings (SSSR count). The molecule has 14 heavy (non-hydrogen) atoms. The standard InChI is InChI=1S/C10H23N3O/c1-10(2,8-11)13-5-4-12(3)6-9(13)7-14/h9,14H,4-8,11H2,1-3H3. The van der Waals surface area contributed by atoms with Gasteiger partial charge in [-0.25, -0.2) is 0 Å². The number of nitrogens with zero attached hydrogens (tertiary/aromatic N) is 2. The summed E-state index contributed by atoms with van der Waals surface area (Å²) in [6.07, 6.45) is 0. The largest absolute Gasteiger partial charge is 0.395 e. The molecule has 0 aromatic rings. The summed E-state index contributed by atoms with van der Waals surface area (Å²) in [4.78, 5) is 4.58. The average molecular weight is 201 g/mol. The van der Waals surface area contributed by atoms with Gasteiger partial charge in [0.1, 0.15) is 0 Å². The van der Waals surface area contributed by atoms with E-state index in [-0.39, 0.29) is 18.2 Å². The van der Waals surface area contributed by atoms with Crippen molar-refractivity contribution in [3.8, 4) is 0 Å². The van der Waals surface area contributed by atoms with E-state index in [1.165, 1.54) is 0 Å². The third-order valence-corrected chi connectivity index (χ3v) is 3.17. The first-order valence-electron chi connectivity index (χ1n) is 5.27. The Morgan fingerprint density at radius 3 is 2.57 bits per heavy atom. The molecular formula is C10H23N3O. The maximum Gasteiger partial charge on any atom is 0.0599 e. The summed E-state index contributed by atoms with van der Waals surface area (Å²) in [6.45, 7) is 8.11. The van der Waals surface area contributed by atoms with E-state index < -0.39 is 0 Å². The summed E-state index contributed by atoms with van der Waals surface area (Å²) in [5, 5.41) is 9.33. The maximum atomic E-state index is 9.33. The third kappa shape index (κ3) is 2.45. The van der Waals surface area contributed by atoms with E-state index in [9.17, 15) is 5.11 Å². The zero-order valence-corrected chi connectivity index (χ0v) is 9.53. The fourth-order valence-electron chi connectivity index (χ4n) is 2.08. The van der Waals surface area contributed by atoms with E-state index in [0.717, 1.165) is 19.6 Å². The zero-order chi connectivity index (χ0) is 10.8. The summed E-state index contributed by atoms with van der Waals surface area (Å²) in [6, 6.07) is 0.229. The first-order valence-corrected chi connectivity index (χ1v) is 5.27. The van der Waals surface area contributed by atoms with Crippen molar-refractivity contribution in [1.82, 2.24) is 9.80 Å². The Morgan fingerprint density at radius 1 is 1.43 bits per heavy atom. The van der Waals surface area contributed by atoms with Gasteiger partial charge in [0.05, 0.1) is 6.61 Å². The van der Waals surface area contributed by atoms with Gasteiger partial charge in [0.25, 0.3) is 0 Å². The van der Waals surface area contributed by atoms with Crippen LogP contribution in [0.15, 0.2) is 0 Å². The number of aliphatic hydroxyl groups excluding tert-OH is 1. The molecule has 1 saturated heterocycles. The molecule has 1 heterocycles. The van der Waals surface area contributed by atoms with E-state index in [0.29, 0.717) is 6.54 Å². The predicted molar refractivity (Wildman–Crippen MR) is 58.2 cm³/mol. The minimum absolute atomic E-state index is 0.00530. The molecule has 3 N–H and O–H groups in total. The molecule has 0 aromatic carbocycles. The second-order valence-corrected chi connectivity index (χ2v) is 4.81. The molecule has 4 heteroatoms. The van der Waals surface area contributed by atoms with Crippen LogP contribution in [-0.4, -0.2) is 66.3 Å². The van der Waals surface area contributed by atoms with Crippen LogP contribution in [0.5, 0.6) is 0 Å². The second kappa shape index (κ2) is 4.57. The molecule has 1 fully saturated rings. The number of hydrogen-bond acceptors (Lipinski definition) is 4. The van der Waals surface area contributed by atoms with Crippen LogP contribution in [-0.2, 0) is 0 Å². The smallest absolute Gasteiger partial charge is 0.0599 e. The van der Waals surface area contributed by atoms with Crippen LogP contribution < -0.4 is 5.73 Å². The fourth-order valence-corrected chi connectivity index (χ4v) is 2.08. The van der Waals surface area contributed by atoms with E-state index in [1.807, 2.05) is 0 Å². The van der Waals surface area contributed by atoms with Crippen LogP contribution >= 0.6 is 0 Å². The summed E-state index contributed by atoms with van der Waals surface area (Å²) in [5.41, 5.74) is 5.75. The van der Waals surface area contributed by atoms with Crippen molar-refractivity contribution < 1.29 is 5.11 Å². The number of hydrogen-bond donors (Lipinski definition) is 2. The molecule has 0 spiro atoms. The van der Waals surface area contributed by atoms with E-state index >= 15 is 0 Å². The summed E-state index contributed by atoms with van der Waals surface area (Å²) >= 11 is 0. The van der Waals surface area contributed by atoms with Crippen LogP contribution in [0.3, 0.4) is 0 Å². The van der Waals surface area contributed by atoms with Gasteiger partial charge in [-0.2, -0.15) is 0 Å². The highest BCUT2D eigenvalue weighted by molar-refractivity contribution is 4.91. The Labute approximate surface area is 86.7 Å². The van der Waals surface area contributed by atoms with Crippen molar-refractivity contribution in [2.75, 3.05) is 39.8 Å². The lowest BCUT2D eigenvalue weighted by atomic mass is 9.98. The van der Waals surface area contributed by atoms with Crippen molar-refractivity contribution in [2.45, 2.75) is 25.4 Å². The second-order valence-electron chi connectivity index (χ2n) is 4.81. The highest BCUT2D eigenvalue weighted by Gasteiger charge is 2.34. The topological polar surface area (TPSA) is 52.7 Å². The number of likely N-dealkylation sites (N-methyl/N-ethyl adjacent to an activating group) is 1. The molecule has 0 saturated carbocycles. The highest BCUT2D eigenvalue weighted by atomic mass is 16.3. The SMILES string of the molecule is CN1CCN(C(C)(C)CN)C(CO)C1. The molecule has 1 aliphatic rings. The van der Waals surface area contributed by atoms with Gasteiger partial charge in [0.2, 0.25) is 0 Å². The summed E-state index contributed by atoms with van der Waals surface area (Å²) in [7, 11) is 2.09. The quantitative estimate of drug-likeness (QED) is 0.636. The molecule has 0 amide bonds. The van der Waals surface area contributed by atoms with Gasteiger partial charge in [-0.05, 0) is 20.9 Å². The first-order chi connectivity index (χ1) is 6.51. The molecule has 0 aromatic heterocycles. The van der Waals surface area contributed by atoms with Crippen molar-refractivity contribution in [3.05, 3.63) is 0 Å². The van der Waals surface area contributed by atoms with Crippen LogP contribution in [0.4, 0.5) is 0 Å². The number of rotatable bonds is 3. The Morgan fingerprint density at radius 2 is 2.07 bits per heavy atom. The van der Waals surface area contributed by atoms with E-state index in [1.54, 1.807) is 0 Å². The van der Waals surface area contributed by atoms with Gasteiger partial charge in [-0.15, -0.1) is 0 Å².